The lowest BCUT2D eigenvalue weighted by Gasteiger charge is -2.34. The summed E-state index contributed by atoms with van der Waals surface area (Å²) in [5.41, 5.74) is 0. The number of fused-ring (bicyclic) bond motifs is 1. The molecule has 1 N–H and O–H groups in total. The molecular formula is C12H23NO5. The lowest BCUT2D eigenvalue weighted by molar-refractivity contribution is -0.149. The van der Waals surface area contributed by atoms with Crippen LogP contribution in [0.3, 0.4) is 0 Å². The molecule has 2 aliphatic heterocycles. The van der Waals surface area contributed by atoms with Crippen LogP contribution in [0.15, 0.2) is 0 Å². The fraction of sp³-hybridized carbons (Fsp3) is 1.00. The third-order valence-electron chi connectivity index (χ3n) is 3.67. The van der Waals surface area contributed by atoms with Gasteiger partial charge in [-0.15, -0.1) is 0 Å². The smallest absolute Gasteiger partial charge is 0.146 e. The Morgan fingerprint density at radius 1 is 1.17 bits per heavy atom. The molecule has 2 fully saturated rings. The summed E-state index contributed by atoms with van der Waals surface area (Å²) in [5.74, 6) is 0. The van der Waals surface area contributed by atoms with Crippen LogP contribution in [0.25, 0.3) is 0 Å². The van der Waals surface area contributed by atoms with Crippen LogP contribution in [-0.2, 0) is 18.9 Å². The van der Waals surface area contributed by atoms with E-state index in [4.69, 9.17) is 18.9 Å². The molecule has 0 spiro atoms. The van der Waals surface area contributed by atoms with E-state index in [1.165, 1.54) is 0 Å². The summed E-state index contributed by atoms with van der Waals surface area (Å²) in [6, 6.07) is 0.214. The van der Waals surface area contributed by atoms with Crippen LogP contribution in [0.4, 0.5) is 0 Å². The Bertz CT molecular complexity index is 253. The molecule has 0 unspecified atom stereocenters. The van der Waals surface area contributed by atoms with Gasteiger partial charge in [-0.25, -0.2) is 0 Å². The minimum Gasteiger partial charge on any atom is -0.393 e. The molecule has 2 saturated heterocycles. The highest BCUT2D eigenvalue weighted by atomic mass is 16.7. The number of rotatable bonds is 6. The zero-order valence-corrected chi connectivity index (χ0v) is 11.1. The fourth-order valence-electron chi connectivity index (χ4n) is 2.85. The number of methoxy groups -OCH3 is 2. The number of piperidine rings is 1. The minimum absolute atomic E-state index is 0.0181. The van der Waals surface area contributed by atoms with Gasteiger partial charge in [0.2, 0.25) is 0 Å². The molecule has 106 valence electrons. The molecule has 18 heavy (non-hydrogen) atoms. The molecule has 2 heterocycles. The Morgan fingerprint density at radius 3 is 2.61 bits per heavy atom. The van der Waals surface area contributed by atoms with Crippen LogP contribution in [-0.4, -0.2) is 75.3 Å². The molecule has 6 heteroatoms. The summed E-state index contributed by atoms with van der Waals surface area (Å²) in [6.45, 7) is 2.24. The van der Waals surface area contributed by atoms with Crippen molar-refractivity contribution in [1.29, 1.82) is 0 Å². The van der Waals surface area contributed by atoms with Crippen molar-refractivity contribution in [1.82, 2.24) is 4.90 Å². The maximum Gasteiger partial charge on any atom is 0.146 e. The van der Waals surface area contributed by atoms with E-state index in [-0.39, 0.29) is 37.9 Å². The molecule has 0 aromatic rings. The first-order valence-electron chi connectivity index (χ1n) is 6.39. The predicted molar refractivity (Wildman–Crippen MR) is 64.1 cm³/mol. The molecule has 4 atom stereocenters. The van der Waals surface area contributed by atoms with Crippen molar-refractivity contribution >= 4 is 0 Å². The first kappa shape index (κ1) is 14.2. The van der Waals surface area contributed by atoms with Gasteiger partial charge in [-0.05, 0) is 12.8 Å². The summed E-state index contributed by atoms with van der Waals surface area (Å²) >= 11 is 0. The molecule has 6 nitrogen and oxygen atoms in total. The quantitative estimate of drug-likeness (QED) is 0.668. The van der Waals surface area contributed by atoms with Crippen molar-refractivity contribution in [2.45, 2.75) is 37.2 Å². The molecule has 0 aliphatic carbocycles. The van der Waals surface area contributed by atoms with Gasteiger partial charge in [-0.1, -0.05) is 0 Å². The zero-order chi connectivity index (χ0) is 13.0. The van der Waals surface area contributed by atoms with Crippen molar-refractivity contribution in [2.75, 3.05) is 40.9 Å². The highest BCUT2D eigenvalue weighted by Gasteiger charge is 2.45. The van der Waals surface area contributed by atoms with E-state index in [9.17, 15) is 5.11 Å². The van der Waals surface area contributed by atoms with Gasteiger partial charge >= 0.3 is 0 Å². The maximum atomic E-state index is 9.78. The van der Waals surface area contributed by atoms with Gasteiger partial charge in [0, 0.05) is 33.4 Å². The molecule has 0 aromatic heterocycles. The fourth-order valence-corrected chi connectivity index (χ4v) is 2.85. The summed E-state index contributed by atoms with van der Waals surface area (Å²) in [5, 5.41) is 9.78. The van der Waals surface area contributed by atoms with Crippen LogP contribution in [0.2, 0.25) is 0 Å². The van der Waals surface area contributed by atoms with Gasteiger partial charge in [0.25, 0.3) is 0 Å². The Hall–Kier alpha value is -0.240. The van der Waals surface area contributed by atoms with Gasteiger partial charge in [-0.3, -0.25) is 4.90 Å². The molecule has 0 bridgehead atoms. The first-order valence-corrected chi connectivity index (χ1v) is 6.39. The second-order valence-corrected chi connectivity index (χ2v) is 4.89. The average molecular weight is 261 g/mol. The lowest BCUT2D eigenvalue weighted by Crippen LogP contribution is -2.45. The summed E-state index contributed by atoms with van der Waals surface area (Å²) < 4.78 is 21.3. The van der Waals surface area contributed by atoms with E-state index < -0.39 is 0 Å². The Kier molecular flexibility index (Phi) is 5.35. The number of aliphatic hydroxyl groups is 1. The number of ether oxygens (including phenoxy) is 4. The van der Waals surface area contributed by atoms with Crippen molar-refractivity contribution in [2.24, 2.45) is 0 Å². The van der Waals surface area contributed by atoms with Crippen molar-refractivity contribution < 1.29 is 24.1 Å². The topological polar surface area (TPSA) is 60.4 Å². The van der Waals surface area contributed by atoms with Crippen molar-refractivity contribution in [3.63, 3.8) is 0 Å². The number of aliphatic hydroxyl groups excluding tert-OH is 1. The number of hydrogen-bond donors (Lipinski definition) is 1. The second-order valence-electron chi connectivity index (χ2n) is 4.89. The van der Waals surface area contributed by atoms with Crippen LogP contribution >= 0.6 is 0 Å². The van der Waals surface area contributed by atoms with Crippen LogP contribution < -0.4 is 0 Å². The molecule has 0 aromatic carbocycles. The number of hydrogen-bond acceptors (Lipinski definition) is 6. The van der Waals surface area contributed by atoms with Crippen LogP contribution in [0.1, 0.15) is 12.8 Å². The third-order valence-corrected chi connectivity index (χ3v) is 3.67. The van der Waals surface area contributed by atoms with Crippen LogP contribution in [0, 0.1) is 0 Å². The van der Waals surface area contributed by atoms with E-state index in [2.05, 4.69) is 4.90 Å². The van der Waals surface area contributed by atoms with E-state index in [0.717, 1.165) is 25.9 Å². The summed E-state index contributed by atoms with van der Waals surface area (Å²) in [6.07, 6.45) is 1.25. The number of nitrogens with zero attached hydrogens (tertiary/aromatic N) is 1. The molecule has 0 amide bonds. The lowest BCUT2D eigenvalue weighted by atomic mass is 9.98. The highest BCUT2D eigenvalue weighted by Crippen LogP contribution is 2.31. The highest BCUT2D eigenvalue weighted by molar-refractivity contribution is 4.98. The molecule has 0 radical (unpaired) electrons. The Balaban J connectivity index is 1.96. The standard InChI is InChI=1S/C12H23NO5/c1-15-7-17-11-6-13-4-3-9(14)5-10(13)12(11)18-8-16-2/h9-12,14H,3-8H2,1-2H3/t9-,10+,11+,12+/m0/s1. The largest absolute Gasteiger partial charge is 0.393 e. The van der Waals surface area contributed by atoms with Crippen molar-refractivity contribution in [3.8, 4) is 0 Å². The van der Waals surface area contributed by atoms with E-state index in [1.807, 2.05) is 0 Å². The SMILES string of the molecule is COCO[C@@H]1[C@H]2C[C@@H](O)CCN2C[C@H]1OCOC. The van der Waals surface area contributed by atoms with Gasteiger partial charge in [0.15, 0.2) is 0 Å². The Morgan fingerprint density at radius 2 is 1.89 bits per heavy atom. The first-order chi connectivity index (χ1) is 8.76. The molecular weight excluding hydrogens is 238 g/mol. The zero-order valence-electron chi connectivity index (χ0n) is 11.1. The van der Waals surface area contributed by atoms with Gasteiger partial charge in [0.1, 0.15) is 25.8 Å². The monoisotopic (exact) mass is 261 g/mol. The molecule has 2 aliphatic rings. The van der Waals surface area contributed by atoms with Crippen LogP contribution in [0.5, 0.6) is 0 Å². The molecule has 0 saturated carbocycles. The molecule has 2 rings (SSSR count). The third kappa shape index (κ3) is 3.20. The normalized spacial score (nSPS) is 36.8. The van der Waals surface area contributed by atoms with E-state index >= 15 is 0 Å². The summed E-state index contributed by atoms with van der Waals surface area (Å²) in [4.78, 5) is 2.33. The second kappa shape index (κ2) is 6.79. The predicted octanol–water partition coefficient (Wildman–Crippen LogP) is -0.196. The van der Waals surface area contributed by atoms with E-state index in [1.54, 1.807) is 14.2 Å². The van der Waals surface area contributed by atoms with Gasteiger partial charge < -0.3 is 24.1 Å². The summed E-state index contributed by atoms with van der Waals surface area (Å²) in [7, 11) is 3.21. The van der Waals surface area contributed by atoms with Gasteiger partial charge in [0.05, 0.1) is 6.10 Å². The minimum atomic E-state index is -0.235. The average Bonchev–Trinajstić information content (AvgIpc) is 2.71. The maximum absolute atomic E-state index is 9.78. The van der Waals surface area contributed by atoms with Gasteiger partial charge in [-0.2, -0.15) is 0 Å². The van der Waals surface area contributed by atoms with E-state index in [0.29, 0.717) is 0 Å². The van der Waals surface area contributed by atoms with Crippen molar-refractivity contribution in [3.05, 3.63) is 0 Å². The Labute approximate surface area is 108 Å².